The molecule has 0 amide bonds. The summed E-state index contributed by atoms with van der Waals surface area (Å²) in [5, 5.41) is -0.715. The summed E-state index contributed by atoms with van der Waals surface area (Å²) < 4.78 is 1.90. The SMILES string of the molecule is O=c1c2[nH]cc[nH]c2c(=O)c2c(=O)n(Cc3cccc(I)c3)c(=O)c12. The number of nitrogens with one attached hydrogen (secondary N) is 2. The lowest BCUT2D eigenvalue weighted by atomic mass is 10.1. The Bertz CT molecular complexity index is 1290. The highest BCUT2D eigenvalue weighted by molar-refractivity contribution is 14.1. The van der Waals surface area contributed by atoms with Gasteiger partial charge in [-0.2, -0.15) is 0 Å². The van der Waals surface area contributed by atoms with E-state index < -0.39 is 22.0 Å². The maximum absolute atomic E-state index is 12.7. The molecule has 0 atom stereocenters. The molecule has 0 aliphatic heterocycles. The van der Waals surface area contributed by atoms with Gasteiger partial charge in [-0.3, -0.25) is 23.7 Å². The second-order valence-electron chi connectivity index (χ2n) is 5.61. The first-order valence-electron chi connectivity index (χ1n) is 7.35. The van der Waals surface area contributed by atoms with Crippen LogP contribution in [0.4, 0.5) is 0 Å². The number of aromatic amines is 2. The van der Waals surface area contributed by atoms with E-state index in [1.807, 2.05) is 18.2 Å². The molecule has 0 aliphatic rings. The van der Waals surface area contributed by atoms with Gasteiger partial charge in [-0.25, -0.2) is 0 Å². The van der Waals surface area contributed by atoms with Crippen LogP contribution in [0, 0.1) is 3.57 Å². The van der Waals surface area contributed by atoms with Gasteiger partial charge in [0.15, 0.2) is 0 Å². The van der Waals surface area contributed by atoms with E-state index in [0.29, 0.717) is 0 Å². The van der Waals surface area contributed by atoms with Crippen LogP contribution in [0.25, 0.3) is 21.8 Å². The predicted molar refractivity (Wildman–Crippen MR) is 103 cm³/mol. The fourth-order valence-electron chi connectivity index (χ4n) is 2.96. The maximum atomic E-state index is 12.7. The van der Waals surface area contributed by atoms with Gasteiger partial charge in [0, 0.05) is 16.0 Å². The zero-order valence-corrected chi connectivity index (χ0v) is 14.8. The fraction of sp³-hybridized carbons (Fsp3) is 0.0588. The Morgan fingerprint density at radius 1 is 0.880 bits per heavy atom. The van der Waals surface area contributed by atoms with E-state index in [0.717, 1.165) is 13.7 Å². The van der Waals surface area contributed by atoms with E-state index in [1.165, 1.54) is 12.4 Å². The van der Waals surface area contributed by atoms with Crippen LogP contribution in [-0.2, 0) is 6.54 Å². The van der Waals surface area contributed by atoms with E-state index in [-0.39, 0.29) is 28.4 Å². The number of fused-ring (bicyclic) bond motifs is 2. The molecule has 0 spiro atoms. The summed E-state index contributed by atoms with van der Waals surface area (Å²) in [7, 11) is 0. The molecule has 0 aliphatic carbocycles. The highest BCUT2D eigenvalue weighted by atomic mass is 127. The van der Waals surface area contributed by atoms with E-state index in [9.17, 15) is 19.2 Å². The number of hydrogen-bond acceptors (Lipinski definition) is 4. The molecule has 0 saturated heterocycles. The molecule has 2 aromatic heterocycles. The predicted octanol–water partition coefficient (Wildman–Crippen LogP) is 0.982. The Balaban J connectivity index is 2.10. The van der Waals surface area contributed by atoms with Gasteiger partial charge in [-0.05, 0) is 40.3 Å². The summed E-state index contributed by atoms with van der Waals surface area (Å²) in [6, 6.07) is 7.31. The van der Waals surface area contributed by atoms with E-state index in [2.05, 4.69) is 32.6 Å². The van der Waals surface area contributed by atoms with Crippen LogP contribution in [0.2, 0.25) is 0 Å². The second kappa shape index (κ2) is 5.66. The molecule has 2 aromatic carbocycles. The standard InChI is InChI=1S/C17H10IN3O4/c18-9-3-1-2-8(6-9)7-21-16(24)10-11(17(21)25)15(23)13-12(14(10)22)19-4-5-20-13/h1-6,19-20H,7H2. The summed E-state index contributed by atoms with van der Waals surface area (Å²) in [6.07, 6.45) is 2.89. The molecule has 4 rings (SSSR count). The molecule has 0 saturated carbocycles. The Hall–Kier alpha value is -2.75. The van der Waals surface area contributed by atoms with Crippen molar-refractivity contribution in [3.63, 3.8) is 0 Å². The second-order valence-corrected chi connectivity index (χ2v) is 6.85. The van der Waals surface area contributed by atoms with Gasteiger partial charge in [0.2, 0.25) is 10.9 Å². The number of benzene rings is 2. The number of H-pyrrole nitrogens is 2. The van der Waals surface area contributed by atoms with Crippen LogP contribution in [0.1, 0.15) is 5.56 Å². The van der Waals surface area contributed by atoms with Gasteiger partial charge in [0.05, 0.1) is 6.54 Å². The lowest BCUT2D eigenvalue weighted by molar-refractivity contribution is 0.754. The molecular formula is C17H10IN3O4. The summed E-state index contributed by atoms with van der Waals surface area (Å²) in [6.45, 7) is 0.00580. The van der Waals surface area contributed by atoms with Crippen molar-refractivity contribution in [2.45, 2.75) is 6.54 Å². The van der Waals surface area contributed by atoms with Crippen LogP contribution in [0.3, 0.4) is 0 Å². The zero-order valence-electron chi connectivity index (χ0n) is 12.6. The lowest BCUT2D eigenvalue weighted by Gasteiger charge is -2.01. The number of hydrogen-bond donors (Lipinski definition) is 2. The fourth-order valence-corrected chi connectivity index (χ4v) is 3.57. The average molecular weight is 447 g/mol. The number of aromatic nitrogens is 3. The highest BCUT2D eigenvalue weighted by Gasteiger charge is 2.22. The molecule has 8 heteroatoms. The van der Waals surface area contributed by atoms with Gasteiger partial charge in [0.25, 0.3) is 11.1 Å². The summed E-state index contributed by atoms with van der Waals surface area (Å²) in [4.78, 5) is 55.8. The molecule has 25 heavy (non-hydrogen) atoms. The van der Waals surface area contributed by atoms with Crippen molar-refractivity contribution in [1.29, 1.82) is 0 Å². The molecule has 0 bridgehead atoms. The average Bonchev–Trinajstić information content (AvgIpc) is 2.85. The maximum Gasteiger partial charge on any atom is 0.266 e. The topological polar surface area (TPSA) is 105 Å². The van der Waals surface area contributed by atoms with Crippen LogP contribution in [0.5, 0.6) is 0 Å². The van der Waals surface area contributed by atoms with E-state index in [4.69, 9.17) is 0 Å². The number of nitrogens with zero attached hydrogens (tertiary/aromatic N) is 1. The van der Waals surface area contributed by atoms with E-state index in [1.54, 1.807) is 6.07 Å². The monoisotopic (exact) mass is 447 g/mol. The molecule has 4 aromatic rings. The number of halogens is 1. The van der Waals surface area contributed by atoms with Crippen molar-refractivity contribution in [3.05, 3.63) is 86.9 Å². The van der Waals surface area contributed by atoms with Gasteiger partial charge < -0.3 is 9.97 Å². The van der Waals surface area contributed by atoms with Crippen molar-refractivity contribution in [3.8, 4) is 0 Å². The Morgan fingerprint density at radius 3 is 1.96 bits per heavy atom. The van der Waals surface area contributed by atoms with Crippen LogP contribution in [-0.4, -0.2) is 14.5 Å². The Labute approximate surface area is 152 Å². The zero-order chi connectivity index (χ0) is 17.7. The summed E-state index contributed by atoms with van der Waals surface area (Å²) >= 11 is 2.13. The van der Waals surface area contributed by atoms with Crippen molar-refractivity contribution in [2.24, 2.45) is 0 Å². The molecule has 0 unspecified atom stereocenters. The van der Waals surface area contributed by atoms with Gasteiger partial charge in [0.1, 0.15) is 21.8 Å². The Kier molecular flexibility index (Phi) is 3.57. The molecular weight excluding hydrogens is 437 g/mol. The molecule has 0 radical (unpaired) electrons. The number of rotatable bonds is 2. The van der Waals surface area contributed by atoms with E-state index >= 15 is 0 Å². The summed E-state index contributed by atoms with van der Waals surface area (Å²) in [5.74, 6) is 0. The van der Waals surface area contributed by atoms with Gasteiger partial charge in [-0.1, -0.05) is 12.1 Å². The third-order valence-corrected chi connectivity index (χ3v) is 4.77. The first-order valence-corrected chi connectivity index (χ1v) is 8.43. The molecule has 2 N–H and O–H groups in total. The van der Waals surface area contributed by atoms with Crippen LogP contribution < -0.4 is 22.0 Å². The smallest absolute Gasteiger partial charge is 0.266 e. The van der Waals surface area contributed by atoms with Gasteiger partial charge >= 0.3 is 0 Å². The van der Waals surface area contributed by atoms with Crippen LogP contribution >= 0.6 is 22.6 Å². The van der Waals surface area contributed by atoms with Gasteiger partial charge in [-0.15, -0.1) is 0 Å². The molecule has 0 fully saturated rings. The largest absolute Gasteiger partial charge is 0.355 e. The third kappa shape index (κ3) is 2.32. The highest BCUT2D eigenvalue weighted by Crippen LogP contribution is 2.09. The van der Waals surface area contributed by atoms with Crippen molar-refractivity contribution < 1.29 is 0 Å². The first kappa shape index (κ1) is 15.8. The molecule has 7 nitrogen and oxygen atoms in total. The minimum atomic E-state index is -0.736. The normalized spacial score (nSPS) is 11.4. The van der Waals surface area contributed by atoms with Crippen molar-refractivity contribution in [1.82, 2.24) is 14.5 Å². The first-order chi connectivity index (χ1) is 12.0. The Morgan fingerprint density at radius 2 is 1.44 bits per heavy atom. The molecule has 124 valence electrons. The van der Waals surface area contributed by atoms with Crippen molar-refractivity contribution >= 4 is 44.4 Å². The van der Waals surface area contributed by atoms with Crippen LogP contribution in [0.15, 0.2) is 55.8 Å². The quantitative estimate of drug-likeness (QED) is 0.447. The third-order valence-electron chi connectivity index (χ3n) is 4.09. The lowest BCUT2D eigenvalue weighted by Crippen LogP contribution is -2.27. The minimum absolute atomic E-state index is 0.00580. The minimum Gasteiger partial charge on any atom is -0.355 e. The summed E-state index contributed by atoms with van der Waals surface area (Å²) in [5.41, 5.74) is -2.05. The molecule has 2 heterocycles. The van der Waals surface area contributed by atoms with Crippen molar-refractivity contribution in [2.75, 3.05) is 0 Å².